The number of hydrogen-bond acceptors (Lipinski definition) is 5. The molecule has 0 unspecified atom stereocenters. The molecule has 0 aliphatic rings. The van der Waals surface area contributed by atoms with Gasteiger partial charge in [0.05, 0.1) is 4.90 Å². The van der Waals surface area contributed by atoms with Gasteiger partial charge in [-0.25, -0.2) is 13.2 Å². The molecule has 1 N–H and O–H groups in total. The van der Waals surface area contributed by atoms with Crippen molar-refractivity contribution in [2.24, 2.45) is 0 Å². The highest BCUT2D eigenvalue weighted by Crippen LogP contribution is 2.25. The fraction of sp³-hybridized carbons (Fsp3) is 0.182. The molecule has 5 nitrogen and oxygen atoms in total. The summed E-state index contributed by atoms with van der Waals surface area (Å²) in [6.45, 7) is 0.247. The highest BCUT2D eigenvalue weighted by Gasteiger charge is 2.24. The number of carboxylic acid groups (broad SMARTS) is 1. The molecule has 20 heavy (non-hydrogen) atoms. The Morgan fingerprint density at radius 3 is 2.55 bits per heavy atom. The highest BCUT2D eigenvalue weighted by molar-refractivity contribution is 9.10. The monoisotopic (exact) mass is 395 g/mol. The molecule has 108 valence electrons. The van der Waals surface area contributed by atoms with Crippen LogP contribution in [0.25, 0.3) is 0 Å². The molecule has 0 aliphatic carbocycles. The van der Waals surface area contributed by atoms with Gasteiger partial charge in [-0.3, -0.25) is 0 Å². The summed E-state index contributed by atoms with van der Waals surface area (Å²) in [5.74, 6) is -1.12. The summed E-state index contributed by atoms with van der Waals surface area (Å²) < 4.78 is 26.7. The Kier molecular flexibility index (Phi) is 4.65. The second-order valence-electron chi connectivity index (χ2n) is 3.94. The number of sulfonamides is 1. The van der Waals surface area contributed by atoms with E-state index in [4.69, 9.17) is 5.11 Å². The number of nitrogens with zero attached hydrogens (tertiary/aromatic N) is 1. The number of hydrogen-bond donors (Lipinski definition) is 1. The van der Waals surface area contributed by atoms with Crippen LogP contribution in [-0.4, -0.2) is 30.8 Å². The van der Waals surface area contributed by atoms with Gasteiger partial charge in [-0.1, -0.05) is 0 Å². The Morgan fingerprint density at radius 2 is 2.05 bits per heavy atom. The van der Waals surface area contributed by atoms with Gasteiger partial charge in [-0.2, -0.15) is 4.31 Å². The number of rotatable bonds is 5. The van der Waals surface area contributed by atoms with Gasteiger partial charge in [0, 0.05) is 33.7 Å². The number of carbonyl (C=O) groups is 1. The SMILES string of the molecule is CN(Cc1cc(Br)cs1)S(=O)(=O)c1csc(C(=O)O)c1. The van der Waals surface area contributed by atoms with Gasteiger partial charge in [-0.15, -0.1) is 22.7 Å². The summed E-state index contributed by atoms with van der Waals surface area (Å²) in [7, 11) is -2.20. The Hall–Kier alpha value is -0.740. The van der Waals surface area contributed by atoms with Crippen molar-refractivity contribution in [1.82, 2.24) is 4.31 Å². The smallest absolute Gasteiger partial charge is 0.345 e. The molecule has 0 spiro atoms. The molecule has 2 aromatic rings. The van der Waals surface area contributed by atoms with Gasteiger partial charge in [0.1, 0.15) is 4.88 Å². The van der Waals surface area contributed by atoms with Crippen LogP contribution in [0.5, 0.6) is 0 Å². The van der Waals surface area contributed by atoms with Crippen LogP contribution in [-0.2, 0) is 16.6 Å². The van der Waals surface area contributed by atoms with E-state index >= 15 is 0 Å². The van der Waals surface area contributed by atoms with Crippen LogP contribution in [0.4, 0.5) is 0 Å². The number of aromatic carboxylic acids is 1. The normalized spacial score (nSPS) is 11.9. The molecule has 0 bridgehead atoms. The lowest BCUT2D eigenvalue weighted by Crippen LogP contribution is -2.25. The second kappa shape index (κ2) is 5.94. The van der Waals surface area contributed by atoms with Crippen LogP contribution in [0.1, 0.15) is 14.5 Å². The summed E-state index contributed by atoms with van der Waals surface area (Å²) in [4.78, 5) is 11.7. The van der Waals surface area contributed by atoms with Crippen molar-refractivity contribution in [3.8, 4) is 0 Å². The molecule has 0 aliphatic heterocycles. The quantitative estimate of drug-likeness (QED) is 0.843. The van der Waals surface area contributed by atoms with E-state index in [9.17, 15) is 13.2 Å². The third kappa shape index (κ3) is 3.29. The molecule has 0 saturated heterocycles. The van der Waals surface area contributed by atoms with Crippen molar-refractivity contribution in [2.75, 3.05) is 7.05 Å². The third-order valence-electron chi connectivity index (χ3n) is 2.49. The third-order valence-corrected chi connectivity index (χ3v) is 7.03. The number of carboxylic acids is 1. The zero-order chi connectivity index (χ0) is 14.9. The summed E-state index contributed by atoms with van der Waals surface area (Å²) in [5, 5.41) is 12.1. The minimum absolute atomic E-state index is 0.0100. The molecule has 2 aromatic heterocycles. The minimum atomic E-state index is -3.67. The van der Waals surface area contributed by atoms with Crippen LogP contribution in [0.2, 0.25) is 0 Å². The van der Waals surface area contributed by atoms with E-state index in [0.717, 1.165) is 20.7 Å². The fourth-order valence-electron chi connectivity index (χ4n) is 1.49. The molecular formula is C11H10BrNO4S3. The predicted octanol–water partition coefficient (Wildman–Crippen LogP) is 3.09. The van der Waals surface area contributed by atoms with E-state index in [1.807, 2.05) is 11.4 Å². The number of thiophene rings is 2. The molecule has 2 rings (SSSR count). The highest BCUT2D eigenvalue weighted by atomic mass is 79.9. The van der Waals surface area contributed by atoms with Crippen molar-refractivity contribution in [3.63, 3.8) is 0 Å². The Labute approximate surface area is 132 Å². The van der Waals surface area contributed by atoms with Gasteiger partial charge in [0.2, 0.25) is 10.0 Å². The summed E-state index contributed by atoms with van der Waals surface area (Å²) in [5.41, 5.74) is 0. The average molecular weight is 396 g/mol. The molecule has 9 heteroatoms. The first-order valence-corrected chi connectivity index (χ1v) is 9.31. The van der Waals surface area contributed by atoms with E-state index in [2.05, 4.69) is 15.9 Å². The standard InChI is InChI=1S/C11H10BrNO4S3/c1-13(4-8-2-7(12)5-18-8)20(16,17)9-3-10(11(14)15)19-6-9/h2-3,5-6H,4H2,1H3,(H,14,15). The second-order valence-corrected chi connectivity index (χ2v) is 8.81. The maximum Gasteiger partial charge on any atom is 0.345 e. The summed E-state index contributed by atoms with van der Waals surface area (Å²) >= 11 is 5.67. The molecule has 0 amide bonds. The summed E-state index contributed by atoms with van der Waals surface area (Å²) in [6, 6.07) is 3.04. The van der Waals surface area contributed by atoms with Crippen LogP contribution in [0.15, 0.2) is 32.3 Å². The molecular weight excluding hydrogens is 386 g/mol. The van der Waals surface area contributed by atoms with E-state index in [-0.39, 0.29) is 16.3 Å². The van der Waals surface area contributed by atoms with Crippen LogP contribution >= 0.6 is 38.6 Å². The zero-order valence-electron chi connectivity index (χ0n) is 10.2. The van der Waals surface area contributed by atoms with Gasteiger partial charge in [-0.05, 0) is 28.1 Å². The largest absolute Gasteiger partial charge is 0.477 e. The van der Waals surface area contributed by atoms with Crippen molar-refractivity contribution >= 4 is 54.6 Å². The van der Waals surface area contributed by atoms with Gasteiger partial charge in [0.25, 0.3) is 0 Å². The first kappa shape index (κ1) is 15.6. The first-order chi connectivity index (χ1) is 9.30. The molecule has 0 fully saturated rings. The average Bonchev–Trinajstić information content (AvgIpc) is 2.98. The van der Waals surface area contributed by atoms with Gasteiger partial charge in [0.15, 0.2) is 0 Å². The lowest BCUT2D eigenvalue weighted by atomic mass is 10.5. The Balaban J connectivity index is 2.22. The van der Waals surface area contributed by atoms with Gasteiger partial charge < -0.3 is 5.11 Å². The lowest BCUT2D eigenvalue weighted by molar-refractivity contribution is 0.0702. The molecule has 0 radical (unpaired) electrons. The minimum Gasteiger partial charge on any atom is -0.477 e. The van der Waals surface area contributed by atoms with Gasteiger partial charge >= 0.3 is 5.97 Å². The molecule has 0 aromatic carbocycles. The topological polar surface area (TPSA) is 74.7 Å². The van der Waals surface area contributed by atoms with Crippen LogP contribution in [0, 0.1) is 0 Å². The molecule has 0 atom stereocenters. The van der Waals surface area contributed by atoms with E-state index < -0.39 is 16.0 Å². The van der Waals surface area contributed by atoms with E-state index in [1.165, 1.54) is 34.1 Å². The Bertz CT molecular complexity index is 734. The molecule has 0 saturated carbocycles. The van der Waals surface area contributed by atoms with E-state index in [1.54, 1.807) is 0 Å². The molecule has 2 heterocycles. The number of halogens is 1. The predicted molar refractivity (Wildman–Crippen MR) is 82.0 cm³/mol. The lowest BCUT2D eigenvalue weighted by Gasteiger charge is -2.15. The maximum absolute atomic E-state index is 12.3. The van der Waals surface area contributed by atoms with Crippen molar-refractivity contribution < 1.29 is 18.3 Å². The fourth-order valence-corrected chi connectivity index (χ4v) is 5.32. The Morgan fingerprint density at radius 1 is 1.35 bits per heavy atom. The summed E-state index contributed by atoms with van der Waals surface area (Å²) in [6.07, 6.45) is 0. The van der Waals surface area contributed by atoms with Crippen LogP contribution < -0.4 is 0 Å². The van der Waals surface area contributed by atoms with E-state index in [0.29, 0.717) is 0 Å². The van der Waals surface area contributed by atoms with Crippen molar-refractivity contribution in [3.05, 3.63) is 37.1 Å². The van der Waals surface area contributed by atoms with Crippen molar-refractivity contribution in [1.29, 1.82) is 0 Å². The van der Waals surface area contributed by atoms with Crippen molar-refractivity contribution in [2.45, 2.75) is 11.4 Å². The first-order valence-electron chi connectivity index (χ1n) is 5.32. The maximum atomic E-state index is 12.3. The van der Waals surface area contributed by atoms with Crippen LogP contribution in [0.3, 0.4) is 0 Å². The zero-order valence-corrected chi connectivity index (χ0v) is 14.3.